The number of nitrogens with zero attached hydrogens (tertiary/aromatic N) is 3. The van der Waals surface area contributed by atoms with Gasteiger partial charge in [-0.25, -0.2) is 9.07 Å². The van der Waals surface area contributed by atoms with Crippen LogP contribution >= 0.6 is 11.6 Å². The molecule has 0 spiro atoms. The van der Waals surface area contributed by atoms with Crippen molar-refractivity contribution in [2.24, 2.45) is 0 Å². The Morgan fingerprint density at radius 3 is 2.78 bits per heavy atom. The molecule has 0 radical (unpaired) electrons. The van der Waals surface area contributed by atoms with Gasteiger partial charge < -0.3 is 0 Å². The molecule has 0 bridgehead atoms. The van der Waals surface area contributed by atoms with Gasteiger partial charge in [0.2, 0.25) is 0 Å². The Bertz CT molecular complexity index is 708. The average Bonchev–Trinajstić information content (AvgIpc) is 2.82. The van der Waals surface area contributed by atoms with E-state index in [9.17, 15) is 4.39 Å². The standard InChI is InChI=1S/C13H9ClFN3/c14-8-9-5-6-12(10(15)7-9)18-13-4-2-1-3-11(13)16-17-18/h1-7H,8H2. The number of alkyl halides is 1. The zero-order valence-electron chi connectivity index (χ0n) is 9.35. The molecule has 18 heavy (non-hydrogen) atoms. The third-order valence-corrected chi connectivity index (χ3v) is 3.06. The smallest absolute Gasteiger partial charge is 0.149 e. The molecule has 1 aromatic heterocycles. The van der Waals surface area contributed by atoms with Gasteiger partial charge in [0.25, 0.3) is 0 Å². The van der Waals surface area contributed by atoms with E-state index in [0.717, 1.165) is 16.6 Å². The van der Waals surface area contributed by atoms with Crippen molar-refractivity contribution < 1.29 is 4.39 Å². The number of rotatable bonds is 2. The van der Waals surface area contributed by atoms with Crippen LogP contribution in [0.4, 0.5) is 4.39 Å². The lowest BCUT2D eigenvalue weighted by Crippen LogP contribution is -2.00. The fourth-order valence-electron chi connectivity index (χ4n) is 1.85. The first kappa shape index (κ1) is 11.2. The number of hydrogen-bond donors (Lipinski definition) is 0. The summed E-state index contributed by atoms with van der Waals surface area (Å²) in [7, 11) is 0. The quantitative estimate of drug-likeness (QED) is 0.663. The maximum Gasteiger partial charge on any atom is 0.149 e. The molecule has 0 amide bonds. The van der Waals surface area contributed by atoms with E-state index < -0.39 is 0 Å². The number of halogens is 2. The van der Waals surface area contributed by atoms with Crippen LogP contribution in [0, 0.1) is 5.82 Å². The first-order valence-electron chi connectivity index (χ1n) is 5.45. The van der Waals surface area contributed by atoms with Crippen molar-refractivity contribution in [3.05, 3.63) is 53.8 Å². The minimum absolute atomic E-state index is 0.287. The number of benzene rings is 2. The van der Waals surface area contributed by atoms with Gasteiger partial charge in [0.15, 0.2) is 0 Å². The van der Waals surface area contributed by atoms with Crippen LogP contribution in [0.3, 0.4) is 0 Å². The lowest BCUT2D eigenvalue weighted by Gasteiger charge is -2.05. The van der Waals surface area contributed by atoms with Crippen molar-refractivity contribution in [1.29, 1.82) is 0 Å². The van der Waals surface area contributed by atoms with Gasteiger partial charge in [0, 0.05) is 5.88 Å². The second kappa shape index (κ2) is 4.38. The van der Waals surface area contributed by atoms with Gasteiger partial charge in [-0.3, -0.25) is 0 Å². The lowest BCUT2D eigenvalue weighted by molar-refractivity contribution is 0.608. The summed E-state index contributed by atoms with van der Waals surface area (Å²) < 4.78 is 15.5. The zero-order valence-corrected chi connectivity index (χ0v) is 10.1. The number of para-hydroxylation sites is 1. The van der Waals surface area contributed by atoms with Crippen LogP contribution in [-0.4, -0.2) is 15.0 Å². The fourth-order valence-corrected chi connectivity index (χ4v) is 2.02. The molecule has 0 unspecified atom stereocenters. The Hall–Kier alpha value is -1.94. The monoisotopic (exact) mass is 261 g/mol. The molecule has 0 fully saturated rings. The summed E-state index contributed by atoms with van der Waals surface area (Å²) in [6.07, 6.45) is 0. The summed E-state index contributed by atoms with van der Waals surface area (Å²) in [6.45, 7) is 0. The van der Waals surface area contributed by atoms with E-state index in [1.54, 1.807) is 12.1 Å². The molecule has 3 rings (SSSR count). The topological polar surface area (TPSA) is 30.7 Å². The molecule has 0 aliphatic carbocycles. The van der Waals surface area contributed by atoms with Gasteiger partial charge in [-0.05, 0) is 29.8 Å². The third kappa shape index (κ3) is 1.75. The van der Waals surface area contributed by atoms with Crippen molar-refractivity contribution in [3.8, 4) is 5.69 Å². The third-order valence-electron chi connectivity index (χ3n) is 2.75. The minimum atomic E-state index is -0.358. The highest BCUT2D eigenvalue weighted by Crippen LogP contribution is 2.20. The van der Waals surface area contributed by atoms with Crippen molar-refractivity contribution in [1.82, 2.24) is 15.0 Å². The minimum Gasteiger partial charge on any atom is -0.210 e. The molecule has 0 aliphatic heterocycles. The summed E-state index contributed by atoms with van der Waals surface area (Å²) in [5.41, 5.74) is 2.62. The Morgan fingerprint density at radius 1 is 1.17 bits per heavy atom. The van der Waals surface area contributed by atoms with Gasteiger partial charge in [0.1, 0.15) is 17.0 Å². The van der Waals surface area contributed by atoms with Crippen molar-refractivity contribution >= 4 is 22.6 Å². The number of fused-ring (bicyclic) bond motifs is 1. The number of aromatic nitrogens is 3. The van der Waals surface area contributed by atoms with Crippen molar-refractivity contribution in [2.75, 3.05) is 0 Å². The van der Waals surface area contributed by atoms with E-state index in [1.807, 2.05) is 24.3 Å². The van der Waals surface area contributed by atoms with Crippen molar-refractivity contribution in [3.63, 3.8) is 0 Å². The van der Waals surface area contributed by atoms with Gasteiger partial charge in [-0.2, -0.15) is 0 Å². The molecule has 0 saturated carbocycles. The summed E-state index contributed by atoms with van der Waals surface area (Å²) in [6, 6.07) is 12.3. The highest BCUT2D eigenvalue weighted by Gasteiger charge is 2.10. The first-order chi connectivity index (χ1) is 8.79. The van der Waals surface area contributed by atoms with Crippen LogP contribution in [0.25, 0.3) is 16.7 Å². The maximum absolute atomic E-state index is 14.0. The van der Waals surface area contributed by atoms with E-state index in [0.29, 0.717) is 5.69 Å². The lowest BCUT2D eigenvalue weighted by atomic mass is 10.2. The van der Waals surface area contributed by atoms with Crippen LogP contribution in [-0.2, 0) is 5.88 Å². The van der Waals surface area contributed by atoms with Gasteiger partial charge in [0.05, 0.1) is 5.52 Å². The Morgan fingerprint density at radius 2 is 2.00 bits per heavy atom. The van der Waals surface area contributed by atoms with E-state index in [2.05, 4.69) is 10.3 Å². The molecular weight excluding hydrogens is 253 g/mol. The molecule has 5 heteroatoms. The second-order valence-corrected chi connectivity index (χ2v) is 4.18. The average molecular weight is 262 g/mol. The summed E-state index contributed by atoms with van der Waals surface area (Å²) in [4.78, 5) is 0. The molecule has 1 heterocycles. The zero-order chi connectivity index (χ0) is 12.5. The molecule has 0 saturated heterocycles. The van der Waals surface area contributed by atoms with E-state index in [4.69, 9.17) is 11.6 Å². The predicted molar refractivity (Wildman–Crippen MR) is 68.4 cm³/mol. The molecule has 3 nitrogen and oxygen atoms in total. The Kier molecular flexibility index (Phi) is 2.72. The molecule has 3 aromatic rings. The van der Waals surface area contributed by atoms with Crippen LogP contribution in [0.15, 0.2) is 42.5 Å². The molecular formula is C13H9ClFN3. The van der Waals surface area contributed by atoms with E-state index in [1.165, 1.54) is 10.7 Å². The largest absolute Gasteiger partial charge is 0.210 e. The molecule has 0 N–H and O–H groups in total. The van der Waals surface area contributed by atoms with Gasteiger partial charge >= 0.3 is 0 Å². The van der Waals surface area contributed by atoms with Gasteiger partial charge in [-0.15, -0.1) is 16.7 Å². The molecule has 0 aliphatic rings. The normalized spacial score (nSPS) is 11.0. The fraction of sp³-hybridized carbons (Fsp3) is 0.0769. The molecule has 2 aromatic carbocycles. The van der Waals surface area contributed by atoms with Crippen molar-refractivity contribution in [2.45, 2.75) is 5.88 Å². The van der Waals surface area contributed by atoms with E-state index >= 15 is 0 Å². The Labute approximate surface area is 108 Å². The maximum atomic E-state index is 14.0. The summed E-state index contributed by atoms with van der Waals surface area (Å²) in [5, 5.41) is 7.97. The molecule has 90 valence electrons. The number of hydrogen-bond acceptors (Lipinski definition) is 2. The van der Waals surface area contributed by atoms with Gasteiger partial charge in [-0.1, -0.05) is 23.4 Å². The predicted octanol–water partition coefficient (Wildman–Crippen LogP) is 3.30. The van der Waals surface area contributed by atoms with Crippen LogP contribution in [0.1, 0.15) is 5.56 Å². The summed E-state index contributed by atoms with van der Waals surface area (Å²) >= 11 is 5.67. The Balaban J connectivity index is 2.20. The SMILES string of the molecule is Fc1cc(CCl)ccc1-n1nnc2ccccc21. The first-order valence-corrected chi connectivity index (χ1v) is 5.98. The van der Waals surface area contributed by atoms with Crippen LogP contribution in [0.2, 0.25) is 0 Å². The highest BCUT2D eigenvalue weighted by atomic mass is 35.5. The van der Waals surface area contributed by atoms with E-state index in [-0.39, 0.29) is 11.7 Å². The second-order valence-electron chi connectivity index (χ2n) is 3.91. The highest BCUT2D eigenvalue weighted by molar-refractivity contribution is 6.17. The van der Waals surface area contributed by atoms with Crippen LogP contribution in [0.5, 0.6) is 0 Å². The molecule has 0 atom stereocenters. The summed E-state index contributed by atoms with van der Waals surface area (Å²) in [5.74, 6) is -0.0706. The van der Waals surface area contributed by atoms with Crippen LogP contribution < -0.4 is 0 Å².